The minimum absolute atomic E-state index is 0.309. The summed E-state index contributed by atoms with van der Waals surface area (Å²) < 4.78 is 5.60. The van der Waals surface area contributed by atoms with E-state index in [9.17, 15) is 0 Å². The second-order valence-corrected chi connectivity index (χ2v) is 4.87. The maximum atomic E-state index is 5.60. The van der Waals surface area contributed by atoms with Crippen LogP contribution in [0.25, 0.3) is 0 Å². The summed E-state index contributed by atoms with van der Waals surface area (Å²) in [6.45, 7) is 0.577. The van der Waals surface area contributed by atoms with Crippen LogP contribution in [0.5, 0.6) is 5.88 Å². The van der Waals surface area contributed by atoms with E-state index < -0.39 is 0 Å². The van der Waals surface area contributed by atoms with Crippen LogP contribution in [0.4, 0.5) is 0 Å². The molecular weight excluding hydrogens is 252 g/mol. The maximum absolute atomic E-state index is 5.60. The molecule has 0 aromatic carbocycles. The minimum atomic E-state index is 0.309. The highest BCUT2D eigenvalue weighted by Crippen LogP contribution is 2.15. The predicted molar refractivity (Wildman–Crippen MR) is 73.6 cm³/mol. The van der Waals surface area contributed by atoms with E-state index in [-0.39, 0.29) is 0 Å². The van der Waals surface area contributed by atoms with Crippen molar-refractivity contribution in [1.82, 2.24) is 4.98 Å². The average Bonchev–Trinajstić information content (AvgIpc) is 2.82. The lowest BCUT2D eigenvalue weighted by atomic mass is 10.3. The number of hydrogen-bond acceptors (Lipinski definition) is 4. The van der Waals surface area contributed by atoms with E-state index in [0.717, 1.165) is 6.42 Å². The van der Waals surface area contributed by atoms with Gasteiger partial charge in [0, 0.05) is 17.5 Å². The Kier molecular flexibility index (Phi) is 4.06. The lowest BCUT2D eigenvalue weighted by Crippen LogP contribution is -2.13. The fourth-order valence-corrected chi connectivity index (χ4v) is 2.24. The molecule has 2 rings (SSSR count). The summed E-state index contributed by atoms with van der Waals surface area (Å²) in [5.41, 5.74) is 6.28. The normalized spacial score (nSPS) is 10.1. The van der Waals surface area contributed by atoms with Gasteiger partial charge in [0.2, 0.25) is 5.88 Å². The molecule has 0 fully saturated rings. The van der Waals surface area contributed by atoms with Gasteiger partial charge in [-0.2, -0.15) is 0 Å². The summed E-state index contributed by atoms with van der Waals surface area (Å²) >= 11 is 6.66. The number of aromatic nitrogens is 1. The predicted octanol–water partition coefficient (Wildman–Crippen LogP) is 2.40. The van der Waals surface area contributed by atoms with E-state index in [1.807, 2.05) is 12.1 Å². The molecule has 88 valence electrons. The second kappa shape index (κ2) is 5.75. The molecule has 0 aliphatic rings. The standard InChI is InChI=1S/C12H12N2OS2/c13-11(16)10-4-1-6-14-12(10)15-7-5-9-3-2-8-17-9/h1-4,6,8H,5,7H2,(H2,13,16). The van der Waals surface area contributed by atoms with Gasteiger partial charge in [-0.25, -0.2) is 4.98 Å². The van der Waals surface area contributed by atoms with Gasteiger partial charge in [0.05, 0.1) is 12.2 Å². The molecule has 0 radical (unpaired) electrons. The zero-order valence-electron chi connectivity index (χ0n) is 9.13. The molecule has 0 bridgehead atoms. The number of ether oxygens (including phenoxy) is 1. The summed E-state index contributed by atoms with van der Waals surface area (Å²) in [5.74, 6) is 0.511. The molecule has 0 spiro atoms. The molecule has 0 aliphatic heterocycles. The van der Waals surface area contributed by atoms with Gasteiger partial charge in [-0.05, 0) is 23.6 Å². The third-order valence-corrected chi connectivity index (χ3v) is 3.36. The van der Waals surface area contributed by atoms with Gasteiger partial charge in [-0.1, -0.05) is 18.3 Å². The van der Waals surface area contributed by atoms with Crippen molar-refractivity contribution < 1.29 is 4.74 Å². The van der Waals surface area contributed by atoms with Crippen LogP contribution in [0, 0.1) is 0 Å². The second-order valence-electron chi connectivity index (χ2n) is 3.40. The Morgan fingerprint density at radius 2 is 2.29 bits per heavy atom. The number of rotatable bonds is 5. The summed E-state index contributed by atoms with van der Waals surface area (Å²) in [7, 11) is 0. The van der Waals surface area contributed by atoms with E-state index in [1.165, 1.54) is 4.88 Å². The first-order valence-corrected chi connectivity index (χ1v) is 6.46. The molecule has 2 aromatic rings. The number of nitrogens with two attached hydrogens (primary N) is 1. The highest BCUT2D eigenvalue weighted by Gasteiger charge is 2.06. The Morgan fingerprint density at radius 3 is 3.00 bits per heavy atom. The first kappa shape index (κ1) is 12.0. The van der Waals surface area contributed by atoms with Crippen LogP contribution in [-0.4, -0.2) is 16.6 Å². The highest BCUT2D eigenvalue weighted by molar-refractivity contribution is 7.80. The van der Waals surface area contributed by atoms with Gasteiger partial charge in [-0.3, -0.25) is 0 Å². The number of hydrogen-bond donors (Lipinski definition) is 1. The first-order chi connectivity index (χ1) is 8.27. The van der Waals surface area contributed by atoms with Crippen molar-refractivity contribution in [3.05, 3.63) is 46.3 Å². The van der Waals surface area contributed by atoms with E-state index in [4.69, 9.17) is 22.7 Å². The number of thiophene rings is 1. The molecule has 0 saturated carbocycles. The van der Waals surface area contributed by atoms with E-state index in [0.29, 0.717) is 23.0 Å². The SMILES string of the molecule is NC(=S)c1cccnc1OCCc1cccs1. The molecule has 17 heavy (non-hydrogen) atoms. The van der Waals surface area contributed by atoms with Crippen LogP contribution in [0.1, 0.15) is 10.4 Å². The monoisotopic (exact) mass is 264 g/mol. The van der Waals surface area contributed by atoms with Crippen LogP contribution in [-0.2, 0) is 6.42 Å². The Labute approximate surface area is 109 Å². The molecule has 5 heteroatoms. The molecule has 3 nitrogen and oxygen atoms in total. The van der Waals surface area contributed by atoms with Gasteiger partial charge in [0.15, 0.2) is 0 Å². The molecule has 2 N–H and O–H groups in total. The van der Waals surface area contributed by atoms with Gasteiger partial charge >= 0.3 is 0 Å². The van der Waals surface area contributed by atoms with Crippen molar-refractivity contribution in [1.29, 1.82) is 0 Å². The molecular formula is C12H12N2OS2. The van der Waals surface area contributed by atoms with Crippen molar-refractivity contribution in [3.63, 3.8) is 0 Å². The first-order valence-electron chi connectivity index (χ1n) is 5.17. The maximum Gasteiger partial charge on any atom is 0.223 e. The van der Waals surface area contributed by atoms with Crippen LogP contribution in [0.2, 0.25) is 0 Å². The molecule has 0 atom stereocenters. The Balaban J connectivity index is 1.97. The summed E-state index contributed by atoms with van der Waals surface area (Å²) in [6, 6.07) is 7.72. The average molecular weight is 264 g/mol. The molecule has 0 amide bonds. The smallest absolute Gasteiger partial charge is 0.223 e. The van der Waals surface area contributed by atoms with Crippen molar-refractivity contribution in [2.45, 2.75) is 6.42 Å². The van der Waals surface area contributed by atoms with E-state index in [1.54, 1.807) is 23.6 Å². The van der Waals surface area contributed by atoms with Crippen molar-refractivity contribution in [3.8, 4) is 5.88 Å². The quantitative estimate of drug-likeness (QED) is 0.842. The molecule has 2 heterocycles. The molecule has 0 saturated heterocycles. The van der Waals surface area contributed by atoms with Crippen molar-refractivity contribution in [2.75, 3.05) is 6.61 Å². The fourth-order valence-electron chi connectivity index (χ4n) is 1.40. The fraction of sp³-hybridized carbons (Fsp3) is 0.167. The number of pyridine rings is 1. The lowest BCUT2D eigenvalue weighted by Gasteiger charge is -2.08. The summed E-state index contributed by atoms with van der Waals surface area (Å²) in [4.78, 5) is 5.73. The van der Waals surface area contributed by atoms with E-state index in [2.05, 4.69) is 16.4 Å². The van der Waals surface area contributed by atoms with Gasteiger partial charge in [0.25, 0.3) is 0 Å². The molecule has 0 unspecified atom stereocenters. The van der Waals surface area contributed by atoms with Gasteiger partial charge in [0.1, 0.15) is 4.99 Å². The van der Waals surface area contributed by atoms with Gasteiger partial charge in [-0.15, -0.1) is 11.3 Å². The number of nitrogens with zero attached hydrogens (tertiary/aromatic N) is 1. The zero-order valence-corrected chi connectivity index (χ0v) is 10.8. The van der Waals surface area contributed by atoms with Crippen LogP contribution in [0.3, 0.4) is 0 Å². The van der Waals surface area contributed by atoms with Gasteiger partial charge < -0.3 is 10.5 Å². The molecule has 0 aliphatic carbocycles. The Bertz CT molecular complexity index is 497. The van der Waals surface area contributed by atoms with Crippen molar-refractivity contribution >= 4 is 28.5 Å². The molecule has 2 aromatic heterocycles. The Morgan fingerprint density at radius 1 is 1.41 bits per heavy atom. The van der Waals surface area contributed by atoms with Crippen molar-refractivity contribution in [2.24, 2.45) is 5.73 Å². The Hall–Kier alpha value is -1.46. The summed E-state index contributed by atoms with van der Waals surface area (Å²) in [6.07, 6.45) is 2.53. The summed E-state index contributed by atoms with van der Waals surface area (Å²) in [5, 5.41) is 2.05. The van der Waals surface area contributed by atoms with Crippen LogP contribution < -0.4 is 10.5 Å². The largest absolute Gasteiger partial charge is 0.477 e. The number of thiocarbonyl (C=S) groups is 1. The van der Waals surface area contributed by atoms with Crippen LogP contribution in [0.15, 0.2) is 35.8 Å². The lowest BCUT2D eigenvalue weighted by molar-refractivity contribution is 0.310. The van der Waals surface area contributed by atoms with E-state index >= 15 is 0 Å². The third-order valence-electron chi connectivity index (χ3n) is 2.20. The van der Waals surface area contributed by atoms with Crippen LogP contribution >= 0.6 is 23.6 Å². The zero-order chi connectivity index (χ0) is 12.1. The third kappa shape index (κ3) is 3.25. The topological polar surface area (TPSA) is 48.1 Å². The highest BCUT2D eigenvalue weighted by atomic mass is 32.1. The minimum Gasteiger partial charge on any atom is -0.477 e.